The molecule has 0 radical (unpaired) electrons. The first-order valence-electron chi connectivity index (χ1n) is 8.38. The van der Waals surface area contributed by atoms with Crippen molar-refractivity contribution in [2.75, 3.05) is 42.3 Å². The summed E-state index contributed by atoms with van der Waals surface area (Å²) in [5, 5.41) is 2.33. The third-order valence-electron chi connectivity index (χ3n) is 3.98. The maximum absolute atomic E-state index is 13.9. The van der Waals surface area contributed by atoms with Crippen molar-refractivity contribution in [3.8, 4) is 0 Å². The number of carbonyl (C=O) groups excluding carboxylic acids is 1. The predicted molar refractivity (Wildman–Crippen MR) is 96.8 cm³/mol. The van der Waals surface area contributed by atoms with Crippen LogP contribution in [0, 0.1) is 5.82 Å². The van der Waals surface area contributed by atoms with Gasteiger partial charge in [-0.05, 0) is 12.1 Å². The summed E-state index contributed by atoms with van der Waals surface area (Å²) in [4.78, 5) is 22.0. The molecule has 1 fully saturated rings. The second-order valence-electron chi connectivity index (χ2n) is 5.90. The van der Waals surface area contributed by atoms with Gasteiger partial charge in [0.05, 0.1) is 30.1 Å². The van der Waals surface area contributed by atoms with Gasteiger partial charge in [-0.1, -0.05) is 18.2 Å². The minimum atomic E-state index is -3.59. The van der Waals surface area contributed by atoms with E-state index in [1.165, 1.54) is 12.1 Å². The van der Waals surface area contributed by atoms with Crippen molar-refractivity contribution in [2.24, 2.45) is 0 Å². The highest BCUT2D eigenvalue weighted by Crippen LogP contribution is 2.17. The van der Waals surface area contributed by atoms with Crippen molar-refractivity contribution in [1.29, 1.82) is 0 Å². The van der Waals surface area contributed by atoms with Gasteiger partial charge in [-0.25, -0.2) is 17.8 Å². The zero-order chi connectivity index (χ0) is 19.3. The molecule has 1 amide bonds. The zero-order valence-electron chi connectivity index (χ0n) is 14.5. The van der Waals surface area contributed by atoms with Gasteiger partial charge in [0.15, 0.2) is 21.5 Å². The van der Waals surface area contributed by atoms with Crippen LogP contribution in [0.25, 0.3) is 0 Å². The van der Waals surface area contributed by atoms with E-state index < -0.39 is 21.6 Å². The lowest BCUT2D eigenvalue weighted by Gasteiger charge is -2.26. The third kappa shape index (κ3) is 4.98. The molecule has 1 aliphatic heterocycles. The van der Waals surface area contributed by atoms with Crippen LogP contribution in [-0.4, -0.2) is 56.3 Å². The summed E-state index contributed by atoms with van der Waals surface area (Å²) < 4.78 is 43.6. The summed E-state index contributed by atoms with van der Waals surface area (Å²) in [5.41, 5.74) is 0. The van der Waals surface area contributed by atoms with E-state index in [1.54, 1.807) is 18.2 Å². The number of carbonyl (C=O) groups is 1. The fraction of sp³-hybridized carbons (Fsp3) is 0.353. The molecule has 0 spiro atoms. The SMILES string of the molecule is O=C(CCS(=O)(=O)c1ccccc1)Nc1nc(N2CCOCC2)ncc1F. The number of benzene rings is 1. The lowest BCUT2D eigenvalue weighted by atomic mass is 10.4. The van der Waals surface area contributed by atoms with Crippen LogP contribution in [0.2, 0.25) is 0 Å². The van der Waals surface area contributed by atoms with Gasteiger partial charge < -0.3 is 15.0 Å². The highest BCUT2D eigenvalue weighted by atomic mass is 32.2. The molecule has 0 unspecified atom stereocenters. The maximum Gasteiger partial charge on any atom is 0.227 e. The molecule has 144 valence electrons. The smallest absolute Gasteiger partial charge is 0.227 e. The van der Waals surface area contributed by atoms with Crippen LogP contribution in [-0.2, 0) is 19.4 Å². The quantitative estimate of drug-likeness (QED) is 0.787. The fourth-order valence-corrected chi connectivity index (χ4v) is 3.79. The Balaban J connectivity index is 1.63. The number of sulfone groups is 1. The lowest BCUT2D eigenvalue weighted by molar-refractivity contribution is -0.115. The van der Waals surface area contributed by atoms with Crippen LogP contribution < -0.4 is 10.2 Å². The third-order valence-corrected chi connectivity index (χ3v) is 5.72. The summed E-state index contributed by atoms with van der Waals surface area (Å²) in [6, 6.07) is 7.85. The Bertz CT molecular complexity index is 902. The van der Waals surface area contributed by atoms with E-state index in [1.807, 2.05) is 4.90 Å². The van der Waals surface area contributed by atoms with E-state index in [0.717, 1.165) is 6.20 Å². The monoisotopic (exact) mass is 394 g/mol. The molecule has 1 N–H and O–H groups in total. The lowest BCUT2D eigenvalue weighted by Crippen LogP contribution is -2.37. The highest BCUT2D eigenvalue weighted by molar-refractivity contribution is 7.91. The minimum Gasteiger partial charge on any atom is -0.378 e. The molecule has 1 aromatic carbocycles. The molecule has 0 saturated carbocycles. The Morgan fingerprint density at radius 3 is 2.63 bits per heavy atom. The summed E-state index contributed by atoms with van der Waals surface area (Å²) in [6.45, 7) is 2.15. The highest BCUT2D eigenvalue weighted by Gasteiger charge is 2.19. The second kappa shape index (κ2) is 8.40. The van der Waals surface area contributed by atoms with Crippen LogP contribution in [0.5, 0.6) is 0 Å². The van der Waals surface area contributed by atoms with E-state index in [-0.39, 0.29) is 28.8 Å². The molecule has 10 heteroatoms. The minimum absolute atomic E-state index is 0.139. The van der Waals surface area contributed by atoms with Crippen LogP contribution >= 0.6 is 0 Å². The number of anilines is 2. The number of hydrogen-bond acceptors (Lipinski definition) is 7. The standard InChI is InChI=1S/C17H19FN4O4S/c18-14-12-19-17(22-7-9-26-10-8-22)21-16(14)20-15(23)6-11-27(24,25)13-4-2-1-3-5-13/h1-5,12H,6-11H2,(H,19,20,21,23). The van der Waals surface area contributed by atoms with Gasteiger partial charge in [-0.3, -0.25) is 4.79 Å². The number of rotatable bonds is 6. The van der Waals surface area contributed by atoms with E-state index in [9.17, 15) is 17.6 Å². The fourth-order valence-electron chi connectivity index (χ4n) is 2.53. The van der Waals surface area contributed by atoms with Gasteiger partial charge in [0.25, 0.3) is 0 Å². The molecule has 0 aliphatic carbocycles. The number of ether oxygens (including phenoxy) is 1. The van der Waals surface area contributed by atoms with Crippen LogP contribution in [0.1, 0.15) is 6.42 Å². The average molecular weight is 394 g/mol. The van der Waals surface area contributed by atoms with Gasteiger partial charge in [0, 0.05) is 19.5 Å². The molecule has 0 atom stereocenters. The number of aromatic nitrogens is 2. The van der Waals surface area contributed by atoms with Crippen molar-refractivity contribution in [2.45, 2.75) is 11.3 Å². The molecule has 1 saturated heterocycles. The molecule has 8 nitrogen and oxygen atoms in total. The Morgan fingerprint density at radius 2 is 1.93 bits per heavy atom. The Hall–Kier alpha value is -2.59. The molecule has 27 heavy (non-hydrogen) atoms. The van der Waals surface area contributed by atoms with Gasteiger partial charge in [-0.2, -0.15) is 4.98 Å². The molecule has 1 aromatic heterocycles. The molecule has 2 heterocycles. The Labute approximate surface area is 156 Å². The number of nitrogens with zero attached hydrogens (tertiary/aromatic N) is 3. The normalized spacial score (nSPS) is 14.8. The maximum atomic E-state index is 13.9. The van der Waals surface area contributed by atoms with Crippen LogP contribution in [0.3, 0.4) is 0 Å². The molecule has 0 bridgehead atoms. The predicted octanol–water partition coefficient (Wildman–Crippen LogP) is 1.25. The largest absolute Gasteiger partial charge is 0.378 e. The molecular formula is C17H19FN4O4S. The van der Waals surface area contributed by atoms with Crippen molar-refractivity contribution >= 4 is 27.5 Å². The van der Waals surface area contributed by atoms with Crippen molar-refractivity contribution in [1.82, 2.24) is 9.97 Å². The molecule has 2 aromatic rings. The van der Waals surface area contributed by atoms with Crippen molar-refractivity contribution < 1.29 is 22.3 Å². The van der Waals surface area contributed by atoms with Crippen molar-refractivity contribution in [3.05, 3.63) is 42.3 Å². The summed E-state index contributed by atoms with van der Waals surface area (Å²) in [7, 11) is -3.59. The summed E-state index contributed by atoms with van der Waals surface area (Å²) >= 11 is 0. The van der Waals surface area contributed by atoms with Crippen LogP contribution in [0.15, 0.2) is 41.4 Å². The number of hydrogen-bond donors (Lipinski definition) is 1. The van der Waals surface area contributed by atoms with E-state index in [4.69, 9.17) is 4.74 Å². The Kier molecular flexibility index (Phi) is 5.97. The molecular weight excluding hydrogens is 375 g/mol. The van der Waals surface area contributed by atoms with E-state index in [0.29, 0.717) is 26.3 Å². The van der Waals surface area contributed by atoms with Crippen molar-refractivity contribution in [3.63, 3.8) is 0 Å². The summed E-state index contributed by atoms with van der Waals surface area (Å²) in [6.07, 6.45) is 0.668. The van der Waals surface area contributed by atoms with Gasteiger partial charge >= 0.3 is 0 Å². The van der Waals surface area contributed by atoms with E-state index in [2.05, 4.69) is 15.3 Å². The summed E-state index contributed by atoms with van der Waals surface area (Å²) in [5.74, 6) is -1.79. The van der Waals surface area contributed by atoms with E-state index >= 15 is 0 Å². The number of amides is 1. The number of halogens is 1. The first-order chi connectivity index (χ1) is 13.0. The van der Waals surface area contributed by atoms with Gasteiger partial charge in [0.1, 0.15) is 0 Å². The first kappa shape index (κ1) is 19.2. The van der Waals surface area contributed by atoms with Gasteiger partial charge in [-0.15, -0.1) is 0 Å². The Morgan fingerprint density at radius 1 is 1.22 bits per heavy atom. The molecule has 1 aliphatic rings. The first-order valence-corrected chi connectivity index (χ1v) is 10.0. The van der Waals surface area contributed by atoms with Crippen LogP contribution in [0.4, 0.5) is 16.2 Å². The average Bonchev–Trinajstić information content (AvgIpc) is 2.69. The number of nitrogens with one attached hydrogen (secondary N) is 1. The topological polar surface area (TPSA) is 101 Å². The zero-order valence-corrected chi connectivity index (χ0v) is 15.3. The number of morpholine rings is 1. The molecule has 3 rings (SSSR count). The van der Waals surface area contributed by atoms with Gasteiger partial charge in [0.2, 0.25) is 11.9 Å². The second-order valence-corrected chi connectivity index (χ2v) is 8.01.